The number of ether oxygens (including phenoxy) is 2. The average Bonchev–Trinajstić information content (AvgIpc) is 3.02. The zero-order chi connectivity index (χ0) is 15.7. The van der Waals surface area contributed by atoms with Crippen molar-refractivity contribution in [2.24, 2.45) is 4.99 Å². The van der Waals surface area contributed by atoms with Crippen molar-refractivity contribution in [3.8, 4) is 5.75 Å². The van der Waals surface area contributed by atoms with E-state index >= 15 is 0 Å². The summed E-state index contributed by atoms with van der Waals surface area (Å²) < 4.78 is 10.5. The van der Waals surface area contributed by atoms with Crippen LogP contribution in [0.3, 0.4) is 0 Å². The van der Waals surface area contributed by atoms with Gasteiger partial charge in [-0.2, -0.15) is 0 Å². The standard InChI is InChI=1S/C14H8Cl2N2O3S/c1-20-8-4-2-7(3-5-8)12-17-9(13(19)21-12)6-10-11(15)18-14(16)22-10/h2-6H,1H3. The molecule has 0 N–H and O–H groups in total. The van der Waals surface area contributed by atoms with Gasteiger partial charge < -0.3 is 9.47 Å². The van der Waals surface area contributed by atoms with E-state index in [4.69, 9.17) is 32.7 Å². The number of aromatic nitrogens is 1. The number of carbonyl (C=O) groups excluding carboxylic acids is 1. The highest BCUT2D eigenvalue weighted by molar-refractivity contribution is 7.17. The van der Waals surface area contributed by atoms with E-state index in [-0.39, 0.29) is 16.7 Å². The summed E-state index contributed by atoms with van der Waals surface area (Å²) in [5, 5.41) is 0.225. The molecule has 112 valence electrons. The zero-order valence-corrected chi connectivity index (χ0v) is 13.5. The molecule has 5 nitrogen and oxygen atoms in total. The third-order valence-corrected chi connectivity index (χ3v) is 4.32. The molecule has 0 saturated heterocycles. The molecule has 1 aromatic heterocycles. The van der Waals surface area contributed by atoms with Gasteiger partial charge in [-0.25, -0.2) is 14.8 Å². The van der Waals surface area contributed by atoms with Crippen LogP contribution in [0.1, 0.15) is 10.4 Å². The second-order valence-electron chi connectivity index (χ2n) is 4.19. The minimum atomic E-state index is -0.550. The van der Waals surface area contributed by atoms with Gasteiger partial charge in [0.05, 0.1) is 12.0 Å². The van der Waals surface area contributed by atoms with Gasteiger partial charge in [0.2, 0.25) is 5.90 Å². The number of hydrogen-bond acceptors (Lipinski definition) is 6. The lowest BCUT2D eigenvalue weighted by molar-refractivity contribution is -0.129. The molecule has 0 fully saturated rings. The summed E-state index contributed by atoms with van der Waals surface area (Å²) in [6, 6.07) is 7.02. The van der Waals surface area contributed by atoms with E-state index in [1.807, 2.05) is 0 Å². The molecule has 0 atom stereocenters. The number of esters is 1. The molecule has 2 heterocycles. The summed E-state index contributed by atoms with van der Waals surface area (Å²) in [6.07, 6.45) is 1.50. The maximum Gasteiger partial charge on any atom is 0.363 e. The van der Waals surface area contributed by atoms with E-state index in [0.29, 0.717) is 20.7 Å². The normalized spacial score (nSPS) is 15.9. The maximum absolute atomic E-state index is 11.9. The smallest absolute Gasteiger partial charge is 0.363 e. The number of cyclic esters (lactones) is 1. The lowest BCUT2D eigenvalue weighted by Gasteiger charge is -2.01. The molecule has 0 saturated carbocycles. The third kappa shape index (κ3) is 2.99. The van der Waals surface area contributed by atoms with Crippen LogP contribution in [0.15, 0.2) is 35.0 Å². The molecule has 1 aliphatic heterocycles. The van der Waals surface area contributed by atoms with Gasteiger partial charge in [-0.15, -0.1) is 11.3 Å². The van der Waals surface area contributed by atoms with Gasteiger partial charge in [-0.1, -0.05) is 23.2 Å². The van der Waals surface area contributed by atoms with Crippen molar-refractivity contribution in [2.75, 3.05) is 7.11 Å². The van der Waals surface area contributed by atoms with Crippen LogP contribution in [0.4, 0.5) is 0 Å². The Hall–Kier alpha value is -1.89. The molecule has 8 heteroatoms. The summed E-state index contributed by atoms with van der Waals surface area (Å²) >= 11 is 12.8. The molecule has 0 amide bonds. The van der Waals surface area contributed by atoms with E-state index in [2.05, 4.69) is 9.98 Å². The Balaban J connectivity index is 1.92. The largest absolute Gasteiger partial charge is 0.497 e. The van der Waals surface area contributed by atoms with Crippen LogP contribution < -0.4 is 4.74 Å². The van der Waals surface area contributed by atoms with Gasteiger partial charge in [0, 0.05) is 5.56 Å². The molecule has 22 heavy (non-hydrogen) atoms. The monoisotopic (exact) mass is 354 g/mol. The van der Waals surface area contributed by atoms with Crippen molar-refractivity contribution in [1.82, 2.24) is 4.98 Å². The molecule has 0 bridgehead atoms. The highest BCUT2D eigenvalue weighted by Crippen LogP contribution is 2.30. The first-order valence-corrected chi connectivity index (χ1v) is 7.63. The topological polar surface area (TPSA) is 60.8 Å². The summed E-state index contributed by atoms with van der Waals surface area (Å²) in [6.45, 7) is 0. The predicted molar refractivity (Wildman–Crippen MR) is 85.7 cm³/mol. The first-order valence-electron chi connectivity index (χ1n) is 6.05. The summed E-state index contributed by atoms with van der Waals surface area (Å²) in [7, 11) is 1.58. The lowest BCUT2D eigenvalue weighted by Crippen LogP contribution is -2.05. The number of carbonyl (C=O) groups is 1. The molecule has 0 unspecified atom stereocenters. The second kappa shape index (κ2) is 6.08. The minimum absolute atomic E-state index is 0.146. The van der Waals surface area contributed by atoms with Gasteiger partial charge in [0.1, 0.15) is 10.9 Å². The summed E-state index contributed by atoms with van der Waals surface area (Å²) in [5.41, 5.74) is 0.819. The van der Waals surface area contributed by atoms with Crippen molar-refractivity contribution in [3.05, 3.63) is 50.0 Å². The Morgan fingerprint density at radius 1 is 1.27 bits per heavy atom. The van der Waals surface area contributed by atoms with Crippen LogP contribution in [0, 0.1) is 0 Å². The summed E-state index contributed by atoms with van der Waals surface area (Å²) in [5.74, 6) is 0.382. The number of thiazole rings is 1. The Morgan fingerprint density at radius 2 is 2.00 bits per heavy atom. The fraction of sp³-hybridized carbons (Fsp3) is 0.0714. The predicted octanol–water partition coefficient (Wildman–Crippen LogP) is 3.80. The lowest BCUT2D eigenvalue weighted by atomic mass is 10.2. The first-order chi connectivity index (χ1) is 10.6. The summed E-state index contributed by atoms with van der Waals surface area (Å²) in [4.78, 5) is 20.5. The molecule has 1 aromatic carbocycles. The first kappa shape index (κ1) is 15.0. The van der Waals surface area contributed by atoms with Crippen molar-refractivity contribution in [1.29, 1.82) is 0 Å². The number of hydrogen-bond donors (Lipinski definition) is 0. The van der Waals surface area contributed by atoms with Crippen LogP contribution in [-0.4, -0.2) is 24.0 Å². The molecular formula is C14H8Cl2N2O3S. The third-order valence-electron chi connectivity index (χ3n) is 2.81. The highest BCUT2D eigenvalue weighted by atomic mass is 35.5. The van der Waals surface area contributed by atoms with Gasteiger partial charge in [-0.3, -0.25) is 0 Å². The van der Waals surface area contributed by atoms with E-state index in [1.54, 1.807) is 31.4 Å². The van der Waals surface area contributed by atoms with Crippen LogP contribution in [0.2, 0.25) is 9.62 Å². The number of benzene rings is 1. The molecule has 2 aromatic rings. The minimum Gasteiger partial charge on any atom is -0.497 e. The zero-order valence-electron chi connectivity index (χ0n) is 11.2. The molecule has 0 aliphatic carbocycles. The Labute approximate surface area is 139 Å². The van der Waals surface area contributed by atoms with E-state index in [1.165, 1.54) is 6.08 Å². The highest BCUT2D eigenvalue weighted by Gasteiger charge is 2.25. The van der Waals surface area contributed by atoms with Crippen LogP contribution in [0.25, 0.3) is 6.08 Å². The Kier molecular flexibility index (Phi) is 4.15. The maximum atomic E-state index is 11.9. The quantitative estimate of drug-likeness (QED) is 0.621. The number of nitrogens with zero attached hydrogens (tertiary/aromatic N) is 2. The van der Waals surface area contributed by atoms with Crippen LogP contribution in [-0.2, 0) is 9.53 Å². The Morgan fingerprint density at radius 3 is 2.59 bits per heavy atom. The molecular weight excluding hydrogens is 347 g/mol. The number of rotatable bonds is 3. The molecule has 0 radical (unpaired) electrons. The molecule has 1 aliphatic rings. The van der Waals surface area contributed by atoms with Gasteiger partial charge in [-0.05, 0) is 30.3 Å². The molecule has 3 rings (SSSR count). The number of aliphatic imine (C=N–C) groups is 1. The van der Waals surface area contributed by atoms with Crippen molar-refractivity contribution in [2.45, 2.75) is 0 Å². The van der Waals surface area contributed by atoms with Crippen LogP contribution >= 0.6 is 34.5 Å². The fourth-order valence-electron chi connectivity index (χ4n) is 1.77. The van der Waals surface area contributed by atoms with Crippen molar-refractivity contribution < 1.29 is 14.3 Å². The SMILES string of the molecule is COc1ccc(C2=NC(=Cc3sc(Cl)nc3Cl)C(=O)O2)cc1. The molecule has 0 spiro atoms. The van der Waals surface area contributed by atoms with Crippen LogP contribution in [0.5, 0.6) is 5.75 Å². The van der Waals surface area contributed by atoms with E-state index < -0.39 is 5.97 Å². The van der Waals surface area contributed by atoms with Crippen molar-refractivity contribution in [3.63, 3.8) is 0 Å². The van der Waals surface area contributed by atoms with Crippen molar-refractivity contribution >= 4 is 52.5 Å². The number of halogens is 2. The van der Waals surface area contributed by atoms with Gasteiger partial charge in [0.25, 0.3) is 0 Å². The van der Waals surface area contributed by atoms with E-state index in [0.717, 1.165) is 11.3 Å². The van der Waals surface area contributed by atoms with Gasteiger partial charge in [0.15, 0.2) is 10.2 Å². The number of methoxy groups -OCH3 is 1. The fourth-order valence-corrected chi connectivity index (χ4v) is 3.07. The second-order valence-corrected chi connectivity index (χ2v) is 6.16. The average molecular weight is 355 g/mol. The van der Waals surface area contributed by atoms with E-state index in [9.17, 15) is 4.79 Å². The van der Waals surface area contributed by atoms with Gasteiger partial charge >= 0.3 is 5.97 Å². The Bertz CT molecular complexity index is 797.